The molecule has 1 heterocycles. The number of hydrogen-bond donors (Lipinski definition) is 1. The number of carbonyl (C=O) groups is 2. The van der Waals surface area contributed by atoms with Crippen LogP contribution in [0.5, 0.6) is 11.5 Å². The van der Waals surface area contributed by atoms with Crippen molar-refractivity contribution in [2.75, 3.05) is 25.5 Å². The highest BCUT2D eigenvalue weighted by atomic mass is 19.4. The summed E-state index contributed by atoms with van der Waals surface area (Å²) >= 11 is 0. The van der Waals surface area contributed by atoms with Gasteiger partial charge in [0.25, 0.3) is 5.91 Å². The minimum Gasteiger partial charge on any atom is -0.490 e. The summed E-state index contributed by atoms with van der Waals surface area (Å²) in [5.41, 5.74) is 1.56. The number of halogens is 3. The van der Waals surface area contributed by atoms with E-state index < -0.39 is 18.0 Å². The Balaban J connectivity index is 1.50. The molecule has 0 aromatic heterocycles. The third-order valence-corrected chi connectivity index (χ3v) is 5.82. The molecule has 0 bridgehead atoms. The molecule has 0 radical (unpaired) electrons. The van der Waals surface area contributed by atoms with Crippen molar-refractivity contribution in [3.63, 3.8) is 0 Å². The molecule has 194 valence electrons. The highest BCUT2D eigenvalue weighted by molar-refractivity contribution is 6.09. The van der Waals surface area contributed by atoms with E-state index >= 15 is 0 Å². The highest BCUT2D eigenvalue weighted by Crippen LogP contribution is 2.31. The monoisotopic (exact) mass is 514 g/mol. The van der Waals surface area contributed by atoms with Crippen LogP contribution in [0, 0.1) is 0 Å². The van der Waals surface area contributed by atoms with E-state index in [1.54, 1.807) is 59.5 Å². The smallest absolute Gasteiger partial charge is 0.490 e. The Labute approximate surface area is 211 Å². The average molecular weight is 515 g/mol. The Kier molecular flexibility index (Phi) is 7.86. The SMILES string of the molecule is COC(=O)N1CCC(Oc2cccc(NC(=O)c3cc(OC(F)(F)F)ccc3-c3ccccc3)c2)CC1. The molecule has 37 heavy (non-hydrogen) atoms. The van der Waals surface area contributed by atoms with Crippen molar-refractivity contribution in [3.8, 4) is 22.6 Å². The van der Waals surface area contributed by atoms with Crippen molar-refractivity contribution in [2.24, 2.45) is 0 Å². The summed E-state index contributed by atoms with van der Waals surface area (Å²) in [6.07, 6.45) is -4.13. The molecule has 1 fully saturated rings. The number of alkyl halides is 3. The van der Waals surface area contributed by atoms with E-state index in [9.17, 15) is 22.8 Å². The Bertz CT molecular complexity index is 1240. The molecule has 3 aromatic rings. The van der Waals surface area contributed by atoms with Crippen LogP contribution in [0.15, 0.2) is 72.8 Å². The van der Waals surface area contributed by atoms with Crippen LogP contribution in [0.25, 0.3) is 11.1 Å². The van der Waals surface area contributed by atoms with Crippen LogP contribution < -0.4 is 14.8 Å². The summed E-state index contributed by atoms with van der Waals surface area (Å²) in [5, 5.41) is 2.74. The van der Waals surface area contributed by atoms with Crippen LogP contribution in [0.3, 0.4) is 0 Å². The van der Waals surface area contributed by atoms with Crippen molar-refractivity contribution >= 4 is 17.7 Å². The average Bonchev–Trinajstić information content (AvgIpc) is 2.88. The zero-order valence-corrected chi connectivity index (χ0v) is 20.0. The number of nitrogens with zero attached hydrogens (tertiary/aromatic N) is 1. The molecule has 0 saturated carbocycles. The van der Waals surface area contributed by atoms with Crippen LogP contribution >= 0.6 is 0 Å². The van der Waals surface area contributed by atoms with Gasteiger partial charge in [-0.15, -0.1) is 13.2 Å². The minimum absolute atomic E-state index is 0.0226. The number of amides is 2. The lowest BCUT2D eigenvalue weighted by molar-refractivity contribution is -0.274. The summed E-state index contributed by atoms with van der Waals surface area (Å²) in [6.45, 7) is 1.01. The normalized spacial score (nSPS) is 14.1. The molecular weight excluding hydrogens is 489 g/mol. The molecule has 1 aliphatic rings. The first-order valence-electron chi connectivity index (χ1n) is 11.6. The van der Waals surface area contributed by atoms with Gasteiger partial charge in [0.05, 0.1) is 12.7 Å². The molecule has 1 saturated heterocycles. The maximum Gasteiger partial charge on any atom is 0.573 e. The third-order valence-electron chi connectivity index (χ3n) is 5.82. The molecular formula is C27H25F3N2O5. The maximum atomic E-state index is 13.2. The molecule has 0 spiro atoms. The van der Waals surface area contributed by atoms with Gasteiger partial charge in [0.15, 0.2) is 0 Å². The number of likely N-dealkylation sites (tertiary alicyclic amines) is 1. The number of piperidine rings is 1. The van der Waals surface area contributed by atoms with E-state index in [0.29, 0.717) is 48.5 Å². The molecule has 0 aliphatic carbocycles. The van der Waals surface area contributed by atoms with Crippen LogP contribution in [-0.2, 0) is 4.74 Å². The molecule has 4 rings (SSSR count). The molecule has 7 nitrogen and oxygen atoms in total. The molecule has 10 heteroatoms. The predicted molar refractivity (Wildman–Crippen MR) is 131 cm³/mol. The summed E-state index contributed by atoms with van der Waals surface area (Å²) < 4.78 is 53.2. The second-order valence-electron chi connectivity index (χ2n) is 8.38. The number of hydrogen-bond acceptors (Lipinski definition) is 5. The summed E-state index contributed by atoms with van der Waals surface area (Å²) in [7, 11) is 1.34. The fraction of sp³-hybridized carbons (Fsp3) is 0.259. The Hall–Kier alpha value is -4.21. The molecule has 1 N–H and O–H groups in total. The fourth-order valence-corrected chi connectivity index (χ4v) is 4.10. The lowest BCUT2D eigenvalue weighted by Gasteiger charge is -2.31. The van der Waals surface area contributed by atoms with Gasteiger partial charge in [0.1, 0.15) is 17.6 Å². The van der Waals surface area contributed by atoms with Crippen LogP contribution in [-0.4, -0.2) is 49.6 Å². The topological polar surface area (TPSA) is 77.1 Å². The first-order chi connectivity index (χ1) is 17.7. The largest absolute Gasteiger partial charge is 0.573 e. The Morgan fingerprint density at radius 3 is 2.32 bits per heavy atom. The Morgan fingerprint density at radius 1 is 0.919 bits per heavy atom. The number of nitrogens with one attached hydrogen (secondary N) is 1. The van der Waals surface area contributed by atoms with E-state index in [4.69, 9.17) is 9.47 Å². The van der Waals surface area contributed by atoms with Gasteiger partial charge in [-0.3, -0.25) is 4.79 Å². The second-order valence-corrected chi connectivity index (χ2v) is 8.38. The number of rotatable bonds is 6. The van der Waals surface area contributed by atoms with Gasteiger partial charge in [-0.1, -0.05) is 36.4 Å². The predicted octanol–water partition coefficient (Wildman–Crippen LogP) is 6.11. The zero-order valence-electron chi connectivity index (χ0n) is 20.0. The standard InChI is InChI=1S/C27H25F3N2O5/c1-35-26(34)32-14-12-20(13-15-32)36-21-9-5-8-19(16-21)31-25(33)24-17-22(37-27(28,29)30)10-11-23(24)18-6-3-2-4-7-18/h2-11,16-17,20H,12-15H2,1H3,(H,31,33). The van der Waals surface area contributed by atoms with Gasteiger partial charge < -0.3 is 24.4 Å². The first-order valence-corrected chi connectivity index (χ1v) is 11.6. The molecule has 0 atom stereocenters. The van der Waals surface area contributed by atoms with Crippen molar-refractivity contribution in [2.45, 2.75) is 25.3 Å². The van der Waals surface area contributed by atoms with Gasteiger partial charge in [0.2, 0.25) is 0 Å². The van der Waals surface area contributed by atoms with E-state index in [0.717, 1.165) is 6.07 Å². The van der Waals surface area contributed by atoms with Crippen molar-refractivity contribution in [3.05, 3.63) is 78.4 Å². The van der Waals surface area contributed by atoms with Gasteiger partial charge in [0, 0.05) is 37.7 Å². The minimum atomic E-state index is -4.89. The molecule has 3 aromatic carbocycles. The number of ether oxygens (including phenoxy) is 3. The van der Waals surface area contributed by atoms with E-state index in [-0.39, 0.29) is 17.8 Å². The number of benzene rings is 3. The lowest BCUT2D eigenvalue weighted by atomic mass is 9.98. The summed E-state index contributed by atoms with van der Waals surface area (Å²) in [6, 6.07) is 19.3. The zero-order chi connectivity index (χ0) is 26.4. The number of methoxy groups -OCH3 is 1. The lowest BCUT2D eigenvalue weighted by Crippen LogP contribution is -2.41. The van der Waals surface area contributed by atoms with E-state index in [2.05, 4.69) is 10.1 Å². The summed E-state index contributed by atoms with van der Waals surface area (Å²) in [4.78, 5) is 26.5. The van der Waals surface area contributed by atoms with Crippen molar-refractivity contribution in [1.82, 2.24) is 4.90 Å². The fourth-order valence-electron chi connectivity index (χ4n) is 4.10. The van der Waals surface area contributed by atoms with Gasteiger partial charge in [-0.2, -0.15) is 0 Å². The van der Waals surface area contributed by atoms with E-state index in [1.807, 2.05) is 0 Å². The maximum absolute atomic E-state index is 13.2. The van der Waals surface area contributed by atoms with Crippen LogP contribution in [0.4, 0.5) is 23.7 Å². The number of anilines is 1. The van der Waals surface area contributed by atoms with E-state index in [1.165, 1.54) is 19.2 Å². The van der Waals surface area contributed by atoms with Crippen molar-refractivity contribution < 1.29 is 37.0 Å². The molecule has 2 amide bonds. The Morgan fingerprint density at radius 2 is 1.65 bits per heavy atom. The van der Waals surface area contributed by atoms with Gasteiger partial charge >= 0.3 is 12.5 Å². The van der Waals surface area contributed by atoms with Gasteiger partial charge in [-0.05, 0) is 41.5 Å². The quantitative estimate of drug-likeness (QED) is 0.429. The molecule has 1 aliphatic heterocycles. The first kappa shape index (κ1) is 25.9. The molecule has 0 unspecified atom stereocenters. The van der Waals surface area contributed by atoms with Crippen LogP contribution in [0.1, 0.15) is 23.2 Å². The number of carbonyl (C=O) groups excluding carboxylic acids is 2. The highest BCUT2D eigenvalue weighted by Gasteiger charge is 2.31. The van der Waals surface area contributed by atoms with Gasteiger partial charge in [-0.25, -0.2) is 4.79 Å². The summed E-state index contributed by atoms with van der Waals surface area (Å²) in [5.74, 6) is -0.575. The van der Waals surface area contributed by atoms with Crippen LogP contribution in [0.2, 0.25) is 0 Å². The second kappa shape index (κ2) is 11.2. The van der Waals surface area contributed by atoms with Crippen molar-refractivity contribution in [1.29, 1.82) is 0 Å². The third kappa shape index (κ3) is 6.93.